The zero-order chi connectivity index (χ0) is 11.8. The van der Waals surface area contributed by atoms with Crippen LogP contribution in [0.2, 0.25) is 5.15 Å². The van der Waals surface area contributed by atoms with Gasteiger partial charge in [0.1, 0.15) is 9.98 Å². The lowest BCUT2D eigenvalue weighted by atomic mass is 10.3. The lowest BCUT2D eigenvalue weighted by molar-refractivity contribution is 0.909. The van der Waals surface area contributed by atoms with Gasteiger partial charge in [-0.05, 0) is 25.3 Å². The molecular weight excluding hydrogens is 254 g/mol. The summed E-state index contributed by atoms with van der Waals surface area (Å²) < 4.78 is 0. The fourth-order valence-electron chi connectivity index (χ4n) is 2.16. The van der Waals surface area contributed by atoms with Crippen LogP contribution in [0, 0.1) is 0 Å². The predicted octanol–water partition coefficient (Wildman–Crippen LogP) is 3.51. The highest BCUT2D eigenvalue weighted by Crippen LogP contribution is 2.31. The van der Waals surface area contributed by atoms with E-state index >= 15 is 0 Å². The fourth-order valence-corrected chi connectivity index (χ4v) is 3.40. The molecule has 0 atom stereocenters. The molecule has 1 aliphatic rings. The topological polar surface area (TPSA) is 29.0 Å². The molecule has 0 unspecified atom stereocenters. The van der Waals surface area contributed by atoms with Crippen molar-refractivity contribution in [2.75, 3.05) is 18.0 Å². The first kappa shape index (κ1) is 11.2. The van der Waals surface area contributed by atoms with Crippen LogP contribution in [0.4, 0.5) is 5.95 Å². The van der Waals surface area contributed by atoms with Gasteiger partial charge in [-0.25, -0.2) is 9.97 Å². The van der Waals surface area contributed by atoms with Crippen molar-refractivity contribution in [3.05, 3.63) is 16.1 Å². The molecule has 0 aliphatic carbocycles. The molecule has 0 spiro atoms. The lowest BCUT2D eigenvalue weighted by Crippen LogP contribution is -2.20. The fraction of sp³-hybridized carbons (Fsp3) is 0.500. The average Bonchev–Trinajstić information content (AvgIpc) is 2.97. The Morgan fingerprint density at radius 2 is 2.12 bits per heavy atom. The van der Waals surface area contributed by atoms with Gasteiger partial charge in [0.05, 0.1) is 0 Å². The van der Waals surface area contributed by atoms with E-state index in [-0.39, 0.29) is 0 Å². The number of rotatable bonds is 2. The molecule has 3 nitrogen and oxygen atoms in total. The van der Waals surface area contributed by atoms with Crippen LogP contribution in [0.15, 0.2) is 6.07 Å². The highest BCUT2D eigenvalue weighted by atomic mass is 35.5. The maximum atomic E-state index is 6.24. The predicted molar refractivity (Wildman–Crippen MR) is 73.3 cm³/mol. The Balaban J connectivity index is 2.09. The molecule has 3 heterocycles. The third-order valence-electron chi connectivity index (χ3n) is 3.12. The normalized spacial score (nSPS) is 16.0. The van der Waals surface area contributed by atoms with E-state index < -0.39 is 0 Å². The molecule has 0 saturated carbocycles. The van der Waals surface area contributed by atoms with Crippen LogP contribution in [0.1, 0.15) is 24.6 Å². The first-order valence-corrected chi connectivity index (χ1v) is 7.18. The Kier molecular flexibility index (Phi) is 2.92. The Hall–Kier alpha value is -0.870. The van der Waals surface area contributed by atoms with E-state index in [4.69, 9.17) is 11.6 Å². The molecule has 0 bridgehead atoms. The number of hydrogen-bond acceptors (Lipinski definition) is 4. The summed E-state index contributed by atoms with van der Waals surface area (Å²) >= 11 is 7.96. The van der Waals surface area contributed by atoms with Crippen molar-refractivity contribution in [3.8, 4) is 0 Å². The summed E-state index contributed by atoms with van der Waals surface area (Å²) in [6.45, 7) is 4.25. The summed E-state index contributed by atoms with van der Waals surface area (Å²) in [4.78, 5) is 13.6. The van der Waals surface area contributed by atoms with Crippen molar-refractivity contribution in [2.24, 2.45) is 0 Å². The van der Waals surface area contributed by atoms with E-state index in [1.165, 1.54) is 17.7 Å². The van der Waals surface area contributed by atoms with Gasteiger partial charge in [-0.15, -0.1) is 11.3 Å². The summed E-state index contributed by atoms with van der Waals surface area (Å²) in [6.07, 6.45) is 3.48. The molecule has 3 rings (SSSR count). The summed E-state index contributed by atoms with van der Waals surface area (Å²) in [5.41, 5.74) is 0. The van der Waals surface area contributed by atoms with E-state index in [9.17, 15) is 0 Å². The lowest BCUT2D eigenvalue weighted by Gasteiger charge is -2.14. The number of fused-ring (bicyclic) bond motifs is 1. The van der Waals surface area contributed by atoms with Gasteiger partial charge in [0.25, 0.3) is 0 Å². The summed E-state index contributed by atoms with van der Waals surface area (Å²) in [5.74, 6) is 0.796. The number of halogens is 1. The van der Waals surface area contributed by atoms with Crippen molar-refractivity contribution < 1.29 is 0 Å². The van der Waals surface area contributed by atoms with Gasteiger partial charge in [-0.2, -0.15) is 0 Å². The van der Waals surface area contributed by atoms with Gasteiger partial charge >= 0.3 is 0 Å². The minimum atomic E-state index is 0.591. The van der Waals surface area contributed by atoms with Crippen molar-refractivity contribution in [1.29, 1.82) is 0 Å². The quantitative estimate of drug-likeness (QED) is 0.780. The molecule has 0 N–H and O–H groups in total. The molecule has 0 aromatic carbocycles. The molecule has 1 aliphatic heterocycles. The van der Waals surface area contributed by atoms with Crippen LogP contribution in [0.5, 0.6) is 0 Å². The number of hydrogen-bond donors (Lipinski definition) is 0. The Bertz CT molecular complexity index is 546. The van der Waals surface area contributed by atoms with Gasteiger partial charge in [0, 0.05) is 23.4 Å². The zero-order valence-electron chi connectivity index (χ0n) is 9.74. The van der Waals surface area contributed by atoms with E-state index in [1.54, 1.807) is 11.3 Å². The molecule has 90 valence electrons. The maximum absolute atomic E-state index is 6.24. The van der Waals surface area contributed by atoms with Crippen molar-refractivity contribution in [3.63, 3.8) is 0 Å². The number of aromatic nitrogens is 2. The molecule has 17 heavy (non-hydrogen) atoms. The van der Waals surface area contributed by atoms with Gasteiger partial charge in [0.2, 0.25) is 5.95 Å². The minimum Gasteiger partial charge on any atom is -0.341 e. The first-order valence-electron chi connectivity index (χ1n) is 5.99. The van der Waals surface area contributed by atoms with Crippen molar-refractivity contribution >= 4 is 39.1 Å². The molecule has 1 saturated heterocycles. The number of anilines is 1. The maximum Gasteiger partial charge on any atom is 0.228 e. The smallest absolute Gasteiger partial charge is 0.228 e. The number of aryl methyl sites for hydroxylation is 1. The van der Waals surface area contributed by atoms with Gasteiger partial charge in [-0.1, -0.05) is 18.5 Å². The highest BCUT2D eigenvalue weighted by Gasteiger charge is 2.17. The van der Waals surface area contributed by atoms with Crippen molar-refractivity contribution in [1.82, 2.24) is 9.97 Å². The molecule has 0 amide bonds. The van der Waals surface area contributed by atoms with Gasteiger partial charge < -0.3 is 4.90 Å². The zero-order valence-corrected chi connectivity index (χ0v) is 11.3. The van der Waals surface area contributed by atoms with Crippen LogP contribution in [0.25, 0.3) is 10.2 Å². The Morgan fingerprint density at radius 1 is 1.35 bits per heavy atom. The average molecular weight is 268 g/mol. The number of thiophene rings is 1. The summed E-state index contributed by atoms with van der Waals surface area (Å²) in [5, 5.41) is 1.59. The minimum absolute atomic E-state index is 0.591. The Morgan fingerprint density at radius 3 is 2.82 bits per heavy atom. The second kappa shape index (κ2) is 4.42. The monoisotopic (exact) mass is 267 g/mol. The van der Waals surface area contributed by atoms with Crippen molar-refractivity contribution in [2.45, 2.75) is 26.2 Å². The number of nitrogens with zero attached hydrogens (tertiary/aromatic N) is 3. The van der Waals surface area contributed by atoms with Gasteiger partial charge in [-0.3, -0.25) is 0 Å². The SMILES string of the molecule is CCc1cc2c(Cl)nc(N3CCCC3)nc2s1. The van der Waals surface area contributed by atoms with Crippen LogP contribution in [0.3, 0.4) is 0 Å². The second-order valence-corrected chi connectivity index (χ2v) is 5.77. The van der Waals surface area contributed by atoms with E-state index in [1.807, 2.05) is 0 Å². The van der Waals surface area contributed by atoms with Crippen LogP contribution < -0.4 is 4.90 Å². The van der Waals surface area contributed by atoms with Crippen LogP contribution in [-0.4, -0.2) is 23.1 Å². The molecule has 1 fully saturated rings. The third kappa shape index (κ3) is 2.00. The molecular formula is C12H14ClN3S. The van der Waals surface area contributed by atoms with Gasteiger partial charge in [0.15, 0.2) is 0 Å². The highest BCUT2D eigenvalue weighted by molar-refractivity contribution is 7.18. The third-order valence-corrected chi connectivity index (χ3v) is 4.58. The van der Waals surface area contributed by atoms with Crippen LogP contribution >= 0.6 is 22.9 Å². The molecule has 5 heteroatoms. The van der Waals surface area contributed by atoms with E-state index in [2.05, 4.69) is 27.9 Å². The summed E-state index contributed by atoms with van der Waals surface area (Å²) in [7, 11) is 0. The standard InChI is InChI=1S/C12H14ClN3S/c1-2-8-7-9-10(13)14-12(15-11(9)17-8)16-5-3-4-6-16/h7H,2-6H2,1H3. The van der Waals surface area contributed by atoms with E-state index in [0.29, 0.717) is 5.15 Å². The van der Waals surface area contributed by atoms with E-state index in [0.717, 1.165) is 35.7 Å². The van der Waals surface area contributed by atoms with Crippen LogP contribution in [-0.2, 0) is 6.42 Å². The summed E-state index contributed by atoms with van der Waals surface area (Å²) in [6, 6.07) is 2.11. The largest absolute Gasteiger partial charge is 0.341 e. The molecule has 2 aromatic rings. The Labute approximate surface area is 109 Å². The first-order chi connectivity index (χ1) is 8.28. The molecule has 0 radical (unpaired) electrons. The second-order valence-electron chi connectivity index (χ2n) is 4.29. The molecule has 2 aromatic heterocycles.